The summed E-state index contributed by atoms with van der Waals surface area (Å²) < 4.78 is 5.32. The highest BCUT2D eigenvalue weighted by Crippen LogP contribution is 2.17. The molecule has 0 aromatic carbocycles. The Morgan fingerprint density at radius 1 is 1.29 bits per heavy atom. The molecule has 0 aliphatic carbocycles. The molecule has 2 fully saturated rings. The zero-order valence-corrected chi connectivity index (χ0v) is 10.8. The van der Waals surface area contributed by atoms with E-state index >= 15 is 0 Å². The molecule has 2 rings (SSSR count). The molecule has 1 unspecified atom stereocenters. The van der Waals surface area contributed by atoms with E-state index in [2.05, 4.69) is 12.2 Å². The van der Waals surface area contributed by atoms with Crippen molar-refractivity contribution in [2.24, 2.45) is 5.92 Å². The van der Waals surface area contributed by atoms with E-state index in [1.54, 1.807) is 0 Å². The van der Waals surface area contributed by atoms with E-state index in [1.165, 1.54) is 6.42 Å². The number of carbonyl (C=O) groups is 1. The number of nitrogens with one attached hydrogen (secondary N) is 1. The standard InChI is InChI=1S/C13H24N2O2/c1-11-4-2-3-7-15(11)13(16)14-10-12-5-8-17-9-6-12/h11-12H,2-10H2,1H3,(H,14,16). The molecule has 0 spiro atoms. The van der Waals surface area contributed by atoms with Crippen LogP contribution in [0.2, 0.25) is 0 Å². The quantitative estimate of drug-likeness (QED) is 0.802. The van der Waals surface area contributed by atoms with Gasteiger partial charge in [0.1, 0.15) is 0 Å². The second-order valence-electron chi connectivity index (χ2n) is 5.28. The van der Waals surface area contributed by atoms with Gasteiger partial charge in [-0.15, -0.1) is 0 Å². The molecule has 0 radical (unpaired) electrons. The van der Waals surface area contributed by atoms with Gasteiger partial charge in [0.05, 0.1) is 0 Å². The fourth-order valence-electron chi connectivity index (χ4n) is 2.68. The number of piperidine rings is 1. The Balaban J connectivity index is 1.72. The number of rotatable bonds is 2. The molecule has 2 amide bonds. The van der Waals surface area contributed by atoms with Crippen molar-refractivity contribution in [3.8, 4) is 0 Å². The van der Waals surface area contributed by atoms with Crippen LogP contribution in [-0.2, 0) is 4.74 Å². The van der Waals surface area contributed by atoms with Crippen molar-refractivity contribution in [1.82, 2.24) is 10.2 Å². The highest BCUT2D eigenvalue weighted by molar-refractivity contribution is 5.74. The van der Waals surface area contributed by atoms with Gasteiger partial charge in [-0.1, -0.05) is 0 Å². The van der Waals surface area contributed by atoms with Crippen LogP contribution in [-0.4, -0.2) is 43.3 Å². The number of carbonyl (C=O) groups excluding carboxylic acids is 1. The van der Waals surface area contributed by atoms with E-state index in [1.807, 2.05) is 4.90 Å². The van der Waals surface area contributed by atoms with Gasteiger partial charge in [-0.3, -0.25) is 0 Å². The van der Waals surface area contributed by atoms with Crippen LogP contribution in [0.1, 0.15) is 39.0 Å². The summed E-state index contributed by atoms with van der Waals surface area (Å²) in [5.74, 6) is 0.604. The van der Waals surface area contributed by atoms with Gasteiger partial charge in [0.15, 0.2) is 0 Å². The first-order valence-corrected chi connectivity index (χ1v) is 6.89. The summed E-state index contributed by atoms with van der Waals surface area (Å²) in [5.41, 5.74) is 0. The fourth-order valence-corrected chi connectivity index (χ4v) is 2.68. The maximum absolute atomic E-state index is 12.0. The highest BCUT2D eigenvalue weighted by atomic mass is 16.5. The minimum atomic E-state index is 0.128. The first kappa shape index (κ1) is 12.7. The predicted octanol–water partition coefficient (Wildman–Crippen LogP) is 2.00. The van der Waals surface area contributed by atoms with Crippen LogP contribution >= 0.6 is 0 Å². The van der Waals surface area contributed by atoms with Crippen molar-refractivity contribution >= 4 is 6.03 Å². The average molecular weight is 240 g/mol. The van der Waals surface area contributed by atoms with Crippen LogP contribution in [0, 0.1) is 5.92 Å². The summed E-state index contributed by atoms with van der Waals surface area (Å²) in [5, 5.41) is 3.08. The minimum absolute atomic E-state index is 0.128. The van der Waals surface area contributed by atoms with Crippen LogP contribution in [0.15, 0.2) is 0 Å². The van der Waals surface area contributed by atoms with E-state index in [0.717, 1.165) is 52.0 Å². The zero-order valence-electron chi connectivity index (χ0n) is 10.8. The van der Waals surface area contributed by atoms with Crippen LogP contribution in [0.25, 0.3) is 0 Å². The second kappa shape index (κ2) is 6.24. The molecule has 4 heteroatoms. The molecule has 2 saturated heterocycles. The molecule has 0 saturated carbocycles. The van der Waals surface area contributed by atoms with Crippen molar-refractivity contribution < 1.29 is 9.53 Å². The largest absolute Gasteiger partial charge is 0.381 e. The van der Waals surface area contributed by atoms with Crippen LogP contribution in [0.3, 0.4) is 0 Å². The number of ether oxygens (including phenoxy) is 1. The third kappa shape index (κ3) is 3.60. The summed E-state index contributed by atoms with van der Waals surface area (Å²) in [4.78, 5) is 14.0. The molecule has 0 aromatic rings. The van der Waals surface area contributed by atoms with Crippen LogP contribution in [0.5, 0.6) is 0 Å². The van der Waals surface area contributed by atoms with Gasteiger partial charge < -0.3 is 15.0 Å². The molecular formula is C13H24N2O2. The molecule has 17 heavy (non-hydrogen) atoms. The Kier molecular flexibility index (Phi) is 4.66. The maximum Gasteiger partial charge on any atom is 0.317 e. The smallest absolute Gasteiger partial charge is 0.317 e. The van der Waals surface area contributed by atoms with E-state index in [0.29, 0.717) is 12.0 Å². The van der Waals surface area contributed by atoms with E-state index in [9.17, 15) is 4.79 Å². The zero-order chi connectivity index (χ0) is 12.1. The number of urea groups is 1. The summed E-state index contributed by atoms with van der Waals surface area (Å²) in [7, 11) is 0. The lowest BCUT2D eigenvalue weighted by Crippen LogP contribution is -2.48. The third-order valence-corrected chi connectivity index (χ3v) is 3.95. The van der Waals surface area contributed by atoms with Gasteiger partial charge in [0, 0.05) is 32.3 Å². The molecule has 2 heterocycles. The van der Waals surface area contributed by atoms with Crippen molar-refractivity contribution in [1.29, 1.82) is 0 Å². The number of hydrogen-bond acceptors (Lipinski definition) is 2. The van der Waals surface area contributed by atoms with Gasteiger partial charge in [-0.25, -0.2) is 4.79 Å². The molecule has 0 aromatic heterocycles. The highest BCUT2D eigenvalue weighted by Gasteiger charge is 2.23. The summed E-state index contributed by atoms with van der Waals surface area (Å²) in [6, 6.07) is 0.530. The summed E-state index contributed by atoms with van der Waals surface area (Å²) >= 11 is 0. The lowest BCUT2D eigenvalue weighted by atomic mass is 10.0. The number of nitrogens with zero attached hydrogens (tertiary/aromatic N) is 1. The summed E-state index contributed by atoms with van der Waals surface area (Å²) in [6.07, 6.45) is 5.70. The van der Waals surface area contributed by atoms with Crippen molar-refractivity contribution in [2.45, 2.75) is 45.1 Å². The topological polar surface area (TPSA) is 41.6 Å². The Bertz CT molecular complexity index is 252. The Morgan fingerprint density at radius 2 is 2.06 bits per heavy atom. The van der Waals surface area contributed by atoms with Gasteiger partial charge in [0.25, 0.3) is 0 Å². The molecule has 0 bridgehead atoms. The molecule has 4 nitrogen and oxygen atoms in total. The number of hydrogen-bond donors (Lipinski definition) is 1. The fraction of sp³-hybridized carbons (Fsp3) is 0.923. The van der Waals surface area contributed by atoms with Crippen LogP contribution < -0.4 is 5.32 Å². The Morgan fingerprint density at radius 3 is 2.76 bits per heavy atom. The van der Waals surface area contributed by atoms with E-state index in [4.69, 9.17) is 4.74 Å². The third-order valence-electron chi connectivity index (χ3n) is 3.95. The minimum Gasteiger partial charge on any atom is -0.381 e. The first-order valence-electron chi connectivity index (χ1n) is 6.89. The molecule has 1 atom stereocenters. The number of likely N-dealkylation sites (tertiary alicyclic amines) is 1. The van der Waals surface area contributed by atoms with Crippen molar-refractivity contribution in [2.75, 3.05) is 26.3 Å². The maximum atomic E-state index is 12.0. The molecular weight excluding hydrogens is 216 g/mol. The first-order chi connectivity index (χ1) is 8.27. The number of amides is 2. The van der Waals surface area contributed by atoms with E-state index < -0.39 is 0 Å². The monoisotopic (exact) mass is 240 g/mol. The molecule has 1 N–H and O–H groups in total. The predicted molar refractivity (Wildman–Crippen MR) is 67.0 cm³/mol. The van der Waals surface area contributed by atoms with Crippen LogP contribution in [0.4, 0.5) is 4.79 Å². The molecule has 2 aliphatic rings. The van der Waals surface area contributed by atoms with E-state index in [-0.39, 0.29) is 6.03 Å². The van der Waals surface area contributed by atoms with Crippen molar-refractivity contribution in [3.63, 3.8) is 0 Å². The molecule has 2 aliphatic heterocycles. The SMILES string of the molecule is CC1CCCCN1C(=O)NCC1CCOCC1. The normalized spacial score (nSPS) is 26.9. The van der Waals surface area contributed by atoms with Gasteiger partial charge >= 0.3 is 6.03 Å². The Hall–Kier alpha value is -0.770. The van der Waals surface area contributed by atoms with Gasteiger partial charge in [0.2, 0.25) is 0 Å². The van der Waals surface area contributed by atoms with Crippen molar-refractivity contribution in [3.05, 3.63) is 0 Å². The Labute approximate surface area is 104 Å². The second-order valence-corrected chi connectivity index (χ2v) is 5.28. The molecule has 98 valence electrons. The lowest BCUT2D eigenvalue weighted by Gasteiger charge is -2.34. The lowest BCUT2D eigenvalue weighted by molar-refractivity contribution is 0.0659. The van der Waals surface area contributed by atoms with Gasteiger partial charge in [-0.05, 0) is 44.9 Å². The summed E-state index contributed by atoms with van der Waals surface area (Å²) in [6.45, 7) is 5.57. The van der Waals surface area contributed by atoms with Gasteiger partial charge in [-0.2, -0.15) is 0 Å². The average Bonchev–Trinajstić information content (AvgIpc) is 2.38.